The summed E-state index contributed by atoms with van der Waals surface area (Å²) >= 11 is 0. The minimum absolute atomic E-state index is 0.385. The van der Waals surface area contributed by atoms with Crippen molar-refractivity contribution in [3.8, 4) is 0 Å². The Morgan fingerprint density at radius 2 is 2.00 bits per heavy atom. The highest BCUT2D eigenvalue weighted by molar-refractivity contribution is 5.10. The van der Waals surface area contributed by atoms with Crippen molar-refractivity contribution < 1.29 is 5.11 Å². The van der Waals surface area contributed by atoms with Crippen LogP contribution in [0.15, 0.2) is 12.2 Å². The maximum absolute atomic E-state index is 10.1. The molecule has 0 saturated carbocycles. The monoisotopic (exact) mass is 169 g/mol. The van der Waals surface area contributed by atoms with E-state index in [9.17, 15) is 5.11 Å². The fraction of sp³-hybridized carbons (Fsp3) is 0.800. The van der Waals surface area contributed by atoms with Gasteiger partial charge in [-0.05, 0) is 51.3 Å². The number of aliphatic hydroxyl groups is 1. The Morgan fingerprint density at radius 3 is 2.42 bits per heavy atom. The van der Waals surface area contributed by atoms with Crippen LogP contribution < -0.4 is 5.32 Å². The van der Waals surface area contributed by atoms with Gasteiger partial charge in [-0.15, -0.1) is 0 Å². The first-order valence-corrected chi connectivity index (χ1v) is 4.64. The van der Waals surface area contributed by atoms with Gasteiger partial charge in [-0.3, -0.25) is 0 Å². The number of rotatable bonds is 2. The molecule has 1 aliphatic heterocycles. The molecule has 1 unspecified atom stereocenters. The van der Waals surface area contributed by atoms with Crippen LogP contribution in [0.3, 0.4) is 0 Å². The maximum atomic E-state index is 10.1. The Labute approximate surface area is 74.7 Å². The molecule has 2 nitrogen and oxygen atoms in total. The summed E-state index contributed by atoms with van der Waals surface area (Å²) in [5.74, 6) is 0.385. The molecule has 0 aromatic rings. The third-order valence-corrected chi connectivity index (χ3v) is 3.00. The van der Waals surface area contributed by atoms with Gasteiger partial charge in [-0.1, -0.05) is 6.58 Å². The Morgan fingerprint density at radius 1 is 1.50 bits per heavy atom. The third kappa shape index (κ3) is 1.87. The van der Waals surface area contributed by atoms with E-state index in [4.69, 9.17) is 0 Å². The number of piperidine rings is 1. The van der Waals surface area contributed by atoms with E-state index in [1.807, 2.05) is 13.8 Å². The molecule has 1 fully saturated rings. The molecule has 1 rings (SSSR count). The topological polar surface area (TPSA) is 32.3 Å². The van der Waals surface area contributed by atoms with Gasteiger partial charge in [0.05, 0.1) is 5.60 Å². The van der Waals surface area contributed by atoms with E-state index < -0.39 is 5.60 Å². The van der Waals surface area contributed by atoms with Crippen molar-refractivity contribution >= 4 is 0 Å². The first-order chi connectivity index (χ1) is 5.55. The molecule has 1 saturated heterocycles. The quantitative estimate of drug-likeness (QED) is 0.611. The molecule has 0 aliphatic carbocycles. The normalized spacial score (nSPS) is 24.9. The average molecular weight is 169 g/mol. The average Bonchev–Trinajstić information content (AvgIpc) is 2.06. The van der Waals surface area contributed by atoms with Crippen LogP contribution in [0.2, 0.25) is 0 Å². The van der Waals surface area contributed by atoms with Crippen LogP contribution in [-0.2, 0) is 0 Å². The van der Waals surface area contributed by atoms with E-state index in [-0.39, 0.29) is 0 Å². The second-order valence-electron chi connectivity index (χ2n) is 3.95. The molecule has 1 atom stereocenters. The van der Waals surface area contributed by atoms with Crippen LogP contribution in [0.1, 0.15) is 26.7 Å². The molecule has 2 heteroatoms. The lowest BCUT2D eigenvalue weighted by molar-refractivity contribution is 0.0206. The summed E-state index contributed by atoms with van der Waals surface area (Å²) in [5, 5.41) is 13.4. The first kappa shape index (κ1) is 9.75. The zero-order valence-electron chi connectivity index (χ0n) is 8.06. The van der Waals surface area contributed by atoms with Gasteiger partial charge in [0.2, 0.25) is 0 Å². The van der Waals surface area contributed by atoms with Crippen molar-refractivity contribution in [2.45, 2.75) is 32.3 Å². The summed E-state index contributed by atoms with van der Waals surface area (Å²) < 4.78 is 0. The van der Waals surface area contributed by atoms with Crippen molar-refractivity contribution in [3.05, 3.63) is 12.2 Å². The molecule has 70 valence electrons. The molecule has 1 aliphatic rings. The van der Waals surface area contributed by atoms with Gasteiger partial charge in [0.1, 0.15) is 0 Å². The van der Waals surface area contributed by atoms with Crippen molar-refractivity contribution in [2.75, 3.05) is 13.1 Å². The van der Waals surface area contributed by atoms with Gasteiger partial charge in [0.15, 0.2) is 0 Å². The van der Waals surface area contributed by atoms with E-state index in [0.29, 0.717) is 5.92 Å². The highest BCUT2D eigenvalue weighted by atomic mass is 16.3. The lowest BCUT2D eigenvalue weighted by Gasteiger charge is -2.36. The molecule has 0 spiro atoms. The minimum atomic E-state index is -0.665. The summed E-state index contributed by atoms with van der Waals surface area (Å²) in [7, 11) is 0. The van der Waals surface area contributed by atoms with E-state index in [2.05, 4.69) is 11.9 Å². The first-order valence-electron chi connectivity index (χ1n) is 4.64. The van der Waals surface area contributed by atoms with Crippen LogP contribution in [0.4, 0.5) is 0 Å². The summed E-state index contributed by atoms with van der Waals surface area (Å²) in [6.07, 6.45) is 2.11. The summed E-state index contributed by atoms with van der Waals surface area (Å²) in [6, 6.07) is 0. The molecule has 0 bridgehead atoms. The second kappa shape index (κ2) is 3.58. The largest absolute Gasteiger partial charge is 0.386 e. The lowest BCUT2D eigenvalue weighted by Crippen LogP contribution is -2.42. The standard InChI is InChI=1S/C10H19NO/c1-8(2)10(3,12)9-4-6-11-7-5-9/h9,11-12H,1,4-7H2,2-3H3. The van der Waals surface area contributed by atoms with E-state index in [1.54, 1.807) is 0 Å². The Bertz CT molecular complexity index is 169. The van der Waals surface area contributed by atoms with Crippen molar-refractivity contribution in [2.24, 2.45) is 5.92 Å². The molecular formula is C10H19NO. The van der Waals surface area contributed by atoms with E-state index >= 15 is 0 Å². The molecule has 0 aromatic heterocycles. The third-order valence-electron chi connectivity index (χ3n) is 3.00. The van der Waals surface area contributed by atoms with Crippen molar-refractivity contribution in [3.63, 3.8) is 0 Å². The zero-order valence-corrected chi connectivity index (χ0v) is 8.06. The van der Waals surface area contributed by atoms with Gasteiger partial charge in [0, 0.05) is 0 Å². The highest BCUT2D eigenvalue weighted by Gasteiger charge is 2.32. The Balaban J connectivity index is 2.59. The Hall–Kier alpha value is -0.340. The van der Waals surface area contributed by atoms with Crippen LogP contribution in [0.25, 0.3) is 0 Å². The number of nitrogens with one attached hydrogen (secondary N) is 1. The summed E-state index contributed by atoms with van der Waals surface area (Å²) in [6.45, 7) is 9.66. The zero-order chi connectivity index (χ0) is 9.19. The Kier molecular flexibility index (Phi) is 2.91. The summed E-state index contributed by atoms with van der Waals surface area (Å²) in [5.41, 5.74) is 0.219. The number of hydrogen-bond donors (Lipinski definition) is 2. The fourth-order valence-corrected chi connectivity index (χ4v) is 1.73. The summed E-state index contributed by atoms with van der Waals surface area (Å²) in [4.78, 5) is 0. The van der Waals surface area contributed by atoms with E-state index in [0.717, 1.165) is 31.5 Å². The molecule has 0 amide bonds. The SMILES string of the molecule is C=C(C)C(C)(O)C1CCNCC1. The molecule has 0 radical (unpaired) electrons. The van der Waals surface area contributed by atoms with Gasteiger partial charge < -0.3 is 10.4 Å². The highest BCUT2D eigenvalue weighted by Crippen LogP contribution is 2.30. The maximum Gasteiger partial charge on any atom is 0.0852 e. The van der Waals surface area contributed by atoms with Crippen LogP contribution in [0.5, 0.6) is 0 Å². The molecule has 1 heterocycles. The predicted molar refractivity (Wildman–Crippen MR) is 51.0 cm³/mol. The molecule has 2 N–H and O–H groups in total. The van der Waals surface area contributed by atoms with Crippen LogP contribution >= 0.6 is 0 Å². The molecule has 12 heavy (non-hydrogen) atoms. The van der Waals surface area contributed by atoms with Gasteiger partial charge in [0.25, 0.3) is 0 Å². The second-order valence-corrected chi connectivity index (χ2v) is 3.95. The van der Waals surface area contributed by atoms with Crippen molar-refractivity contribution in [1.29, 1.82) is 0 Å². The molecule has 0 aromatic carbocycles. The van der Waals surface area contributed by atoms with E-state index in [1.165, 1.54) is 0 Å². The smallest absolute Gasteiger partial charge is 0.0852 e. The number of hydrogen-bond acceptors (Lipinski definition) is 2. The van der Waals surface area contributed by atoms with Gasteiger partial charge in [-0.2, -0.15) is 0 Å². The molecular weight excluding hydrogens is 150 g/mol. The van der Waals surface area contributed by atoms with Gasteiger partial charge >= 0.3 is 0 Å². The van der Waals surface area contributed by atoms with Gasteiger partial charge in [-0.25, -0.2) is 0 Å². The minimum Gasteiger partial charge on any atom is -0.386 e. The van der Waals surface area contributed by atoms with Crippen molar-refractivity contribution in [1.82, 2.24) is 5.32 Å². The van der Waals surface area contributed by atoms with Crippen LogP contribution in [0, 0.1) is 5.92 Å². The fourth-order valence-electron chi connectivity index (χ4n) is 1.73. The van der Waals surface area contributed by atoms with Crippen LogP contribution in [-0.4, -0.2) is 23.8 Å². The predicted octanol–water partition coefficient (Wildman–Crippen LogP) is 1.31. The lowest BCUT2D eigenvalue weighted by atomic mass is 9.78.